The van der Waals surface area contributed by atoms with E-state index in [4.69, 9.17) is 0 Å². The maximum absolute atomic E-state index is 11.9. The molecular weight excluding hydrogens is 310 g/mol. The molecule has 0 aromatic rings. The average Bonchev–Trinajstić information content (AvgIpc) is 2.39. The Labute approximate surface area is 123 Å². The van der Waals surface area contributed by atoms with Crippen LogP contribution in [0.1, 0.15) is 44.9 Å². The van der Waals surface area contributed by atoms with Gasteiger partial charge < -0.3 is 5.32 Å². The summed E-state index contributed by atoms with van der Waals surface area (Å²) in [7, 11) is 0. The first-order valence-electron chi connectivity index (χ1n) is 7.22. The highest BCUT2D eigenvalue weighted by Crippen LogP contribution is 2.28. The van der Waals surface area contributed by atoms with Crippen LogP contribution in [0.15, 0.2) is 0 Å². The SMILES string of the molecule is O=C(CC1CCSCC1)NCC1CCC(Br)CC1. The van der Waals surface area contributed by atoms with E-state index in [1.165, 1.54) is 50.0 Å². The van der Waals surface area contributed by atoms with Gasteiger partial charge in [0.1, 0.15) is 0 Å². The lowest BCUT2D eigenvalue weighted by molar-refractivity contribution is -0.122. The first kappa shape index (κ1) is 14.7. The van der Waals surface area contributed by atoms with E-state index in [9.17, 15) is 4.79 Å². The maximum Gasteiger partial charge on any atom is 0.220 e. The van der Waals surface area contributed by atoms with Crippen molar-refractivity contribution in [2.75, 3.05) is 18.1 Å². The number of nitrogens with one attached hydrogen (secondary N) is 1. The van der Waals surface area contributed by atoms with Gasteiger partial charge in [0.05, 0.1) is 0 Å². The van der Waals surface area contributed by atoms with E-state index in [-0.39, 0.29) is 5.91 Å². The summed E-state index contributed by atoms with van der Waals surface area (Å²) < 4.78 is 0. The molecule has 0 aromatic heterocycles. The van der Waals surface area contributed by atoms with Crippen molar-refractivity contribution in [2.24, 2.45) is 11.8 Å². The van der Waals surface area contributed by atoms with Crippen molar-refractivity contribution in [2.45, 2.75) is 49.8 Å². The van der Waals surface area contributed by atoms with Gasteiger partial charge in [-0.2, -0.15) is 11.8 Å². The van der Waals surface area contributed by atoms with Gasteiger partial charge in [-0.15, -0.1) is 0 Å². The lowest BCUT2D eigenvalue weighted by atomic mass is 9.89. The molecule has 0 aromatic carbocycles. The van der Waals surface area contributed by atoms with Crippen molar-refractivity contribution in [1.82, 2.24) is 5.32 Å². The zero-order chi connectivity index (χ0) is 12.8. The van der Waals surface area contributed by atoms with E-state index < -0.39 is 0 Å². The fourth-order valence-electron chi connectivity index (χ4n) is 2.87. The summed E-state index contributed by atoms with van der Waals surface area (Å²) in [5, 5.41) is 3.15. The highest BCUT2D eigenvalue weighted by Gasteiger charge is 2.21. The smallest absolute Gasteiger partial charge is 0.220 e. The Morgan fingerprint density at radius 2 is 1.72 bits per heavy atom. The summed E-state index contributed by atoms with van der Waals surface area (Å²) in [6.45, 7) is 0.903. The Morgan fingerprint density at radius 1 is 1.06 bits per heavy atom. The lowest BCUT2D eigenvalue weighted by Crippen LogP contribution is -2.32. The Kier molecular flexibility index (Phi) is 6.36. The standard InChI is InChI=1S/C14H24BrNOS/c15-13-3-1-12(2-4-13)10-16-14(17)9-11-5-7-18-8-6-11/h11-13H,1-10H2,(H,16,17). The minimum atomic E-state index is 0.285. The van der Waals surface area contributed by atoms with E-state index in [1.807, 2.05) is 11.8 Å². The van der Waals surface area contributed by atoms with Gasteiger partial charge in [-0.05, 0) is 61.9 Å². The van der Waals surface area contributed by atoms with Gasteiger partial charge in [0.2, 0.25) is 5.91 Å². The molecule has 1 aliphatic heterocycles. The van der Waals surface area contributed by atoms with Crippen LogP contribution in [0.2, 0.25) is 0 Å². The third-order valence-electron chi connectivity index (χ3n) is 4.18. The third kappa shape index (κ3) is 5.12. The molecule has 18 heavy (non-hydrogen) atoms. The Bertz CT molecular complexity index is 261. The van der Waals surface area contributed by atoms with Crippen LogP contribution in [0.25, 0.3) is 0 Å². The predicted molar refractivity (Wildman–Crippen MR) is 82.3 cm³/mol. The van der Waals surface area contributed by atoms with Gasteiger partial charge in [0.15, 0.2) is 0 Å². The van der Waals surface area contributed by atoms with Gasteiger partial charge in [-0.1, -0.05) is 15.9 Å². The maximum atomic E-state index is 11.9. The Hall–Kier alpha value is 0.300. The second kappa shape index (κ2) is 7.78. The van der Waals surface area contributed by atoms with Crippen molar-refractivity contribution in [3.8, 4) is 0 Å². The molecule has 2 fully saturated rings. The van der Waals surface area contributed by atoms with Crippen molar-refractivity contribution in [1.29, 1.82) is 0 Å². The molecule has 2 nitrogen and oxygen atoms in total. The normalized spacial score (nSPS) is 30.1. The van der Waals surface area contributed by atoms with Gasteiger partial charge in [-0.3, -0.25) is 4.79 Å². The van der Waals surface area contributed by atoms with E-state index in [1.54, 1.807) is 0 Å². The van der Waals surface area contributed by atoms with Crippen molar-refractivity contribution in [3.63, 3.8) is 0 Å². The molecule has 4 heteroatoms. The van der Waals surface area contributed by atoms with Crippen LogP contribution in [-0.4, -0.2) is 28.8 Å². The number of rotatable bonds is 4. The highest BCUT2D eigenvalue weighted by molar-refractivity contribution is 9.09. The van der Waals surface area contributed by atoms with Gasteiger partial charge in [0.25, 0.3) is 0 Å². The van der Waals surface area contributed by atoms with Crippen LogP contribution in [0.4, 0.5) is 0 Å². The van der Waals surface area contributed by atoms with Crippen LogP contribution < -0.4 is 5.32 Å². The molecule has 1 heterocycles. The molecule has 2 aliphatic rings. The molecule has 1 aliphatic carbocycles. The van der Waals surface area contributed by atoms with Gasteiger partial charge in [-0.25, -0.2) is 0 Å². The Morgan fingerprint density at radius 3 is 2.39 bits per heavy atom. The van der Waals surface area contributed by atoms with Crippen LogP contribution in [0, 0.1) is 11.8 Å². The number of thioether (sulfide) groups is 1. The van der Waals surface area contributed by atoms with E-state index >= 15 is 0 Å². The van der Waals surface area contributed by atoms with Crippen molar-refractivity contribution in [3.05, 3.63) is 0 Å². The van der Waals surface area contributed by atoms with Crippen LogP contribution in [0.3, 0.4) is 0 Å². The number of carbonyl (C=O) groups is 1. The lowest BCUT2D eigenvalue weighted by Gasteiger charge is -2.26. The van der Waals surface area contributed by atoms with E-state index in [2.05, 4.69) is 21.2 Å². The molecule has 0 bridgehead atoms. The van der Waals surface area contributed by atoms with Gasteiger partial charge in [0, 0.05) is 17.8 Å². The zero-order valence-corrected chi connectivity index (χ0v) is 13.4. The number of halogens is 1. The number of alkyl halides is 1. The molecular formula is C14H24BrNOS. The quantitative estimate of drug-likeness (QED) is 0.796. The summed E-state index contributed by atoms with van der Waals surface area (Å²) in [5.41, 5.74) is 0. The Balaban J connectivity index is 1.59. The highest BCUT2D eigenvalue weighted by atomic mass is 79.9. The molecule has 0 radical (unpaired) electrons. The molecule has 1 amide bonds. The summed E-state index contributed by atoms with van der Waals surface area (Å²) in [5.74, 6) is 4.13. The largest absolute Gasteiger partial charge is 0.356 e. The molecule has 0 atom stereocenters. The second-order valence-electron chi connectivity index (χ2n) is 5.68. The second-order valence-corrected chi connectivity index (χ2v) is 8.20. The van der Waals surface area contributed by atoms with E-state index in [0.717, 1.165) is 13.0 Å². The molecule has 1 saturated heterocycles. The predicted octanol–water partition coefficient (Wildman–Crippen LogP) is 3.59. The molecule has 1 saturated carbocycles. The molecule has 0 spiro atoms. The summed E-state index contributed by atoms with van der Waals surface area (Å²) >= 11 is 5.70. The molecule has 2 rings (SSSR count). The van der Waals surface area contributed by atoms with Crippen LogP contribution >= 0.6 is 27.7 Å². The van der Waals surface area contributed by atoms with Crippen molar-refractivity contribution < 1.29 is 4.79 Å². The third-order valence-corrected chi connectivity index (χ3v) is 6.14. The summed E-state index contributed by atoms with van der Waals surface area (Å²) in [6.07, 6.45) is 8.27. The van der Waals surface area contributed by atoms with Crippen molar-refractivity contribution >= 4 is 33.6 Å². The summed E-state index contributed by atoms with van der Waals surface area (Å²) in [6, 6.07) is 0. The molecule has 104 valence electrons. The fourth-order valence-corrected chi connectivity index (χ4v) is 4.60. The van der Waals surface area contributed by atoms with Gasteiger partial charge >= 0.3 is 0 Å². The average molecular weight is 334 g/mol. The number of hydrogen-bond donors (Lipinski definition) is 1. The molecule has 0 unspecified atom stereocenters. The minimum absolute atomic E-state index is 0.285. The summed E-state index contributed by atoms with van der Waals surface area (Å²) in [4.78, 5) is 12.6. The zero-order valence-electron chi connectivity index (χ0n) is 11.0. The number of carbonyl (C=O) groups excluding carboxylic acids is 1. The molecule has 1 N–H and O–H groups in total. The fraction of sp³-hybridized carbons (Fsp3) is 0.929. The topological polar surface area (TPSA) is 29.1 Å². The van der Waals surface area contributed by atoms with Crippen LogP contribution in [-0.2, 0) is 4.79 Å². The number of amides is 1. The first-order valence-corrected chi connectivity index (χ1v) is 9.29. The monoisotopic (exact) mass is 333 g/mol. The first-order chi connectivity index (χ1) is 8.74. The van der Waals surface area contributed by atoms with E-state index in [0.29, 0.717) is 16.7 Å². The van der Waals surface area contributed by atoms with Crippen LogP contribution in [0.5, 0.6) is 0 Å². The number of hydrogen-bond acceptors (Lipinski definition) is 2. The minimum Gasteiger partial charge on any atom is -0.356 e.